The molecule has 1 saturated carbocycles. The van der Waals surface area contributed by atoms with E-state index in [0.717, 1.165) is 12.6 Å². The van der Waals surface area contributed by atoms with Crippen LogP contribution in [-0.4, -0.2) is 23.6 Å². The molecule has 2 heteroatoms. The summed E-state index contributed by atoms with van der Waals surface area (Å²) >= 11 is 0. The molecule has 0 saturated heterocycles. The van der Waals surface area contributed by atoms with Gasteiger partial charge in [-0.3, -0.25) is 0 Å². The first-order valence-corrected chi connectivity index (χ1v) is 3.67. The van der Waals surface area contributed by atoms with Gasteiger partial charge in [-0.05, 0) is 30.4 Å². The summed E-state index contributed by atoms with van der Waals surface area (Å²) in [4.78, 5) is 0. The van der Waals surface area contributed by atoms with Crippen LogP contribution in [0.5, 0.6) is 0 Å². The van der Waals surface area contributed by atoms with Crippen LogP contribution in [0.3, 0.4) is 0 Å². The van der Waals surface area contributed by atoms with Gasteiger partial charge in [-0.1, -0.05) is 19.8 Å². The molecular weight excluding hydrogens is 126 g/mol. The summed E-state index contributed by atoms with van der Waals surface area (Å²) in [6.07, 6.45) is 5.71. The summed E-state index contributed by atoms with van der Waals surface area (Å²) in [5.74, 6) is 0. The molecule has 0 aliphatic heterocycles. The maximum atomic E-state index is 3.44. The van der Waals surface area contributed by atoms with Crippen LogP contribution in [0.25, 0.3) is 0 Å². The van der Waals surface area contributed by atoms with Gasteiger partial charge in [0.25, 0.3) is 0 Å². The SMILES string of the molecule is CCNC1CCCC1.[SiH4]. The third-order valence-electron chi connectivity index (χ3n) is 1.85. The van der Waals surface area contributed by atoms with Crippen LogP contribution in [0, 0.1) is 0 Å². The Morgan fingerprint density at radius 1 is 1.33 bits per heavy atom. The topological polar surface area (TPSA) is 12.0 Å². The summed E-state index contributed by atoms with van der Waals surface area (Å²) in [5, 5.41) is 3.44. The van der Waals surface area contributed by atoms with Gasteiger partial charge in [0.2, 0.25) is 0 Å². The van der Waals surface area contributed by atoms with Gasteiger partial charge in [-0.25, -0.2) is 0 Å². The Morgan fingerprint density at radius 3 is 2.33 bits per heavy atom. The molecule has 9 heavy (non-hydrogen) atoms. The fraction of sp³-hybridized carbons (Fsp3) is 1.00. The zero-order chi connectivity index (χ0) is 5.82. The first-order chi connectivity index (χ1) is 3.93. The van der Waals surface area contributed by atoms with E-state index in [4.69, 9.17) is 0 Å². The monoisotopic (exact) mass is 145 g/mol. The molecule has 56 valence electrons. The maximum absolute atomic E-state index is 3.44. The van der Waals surface area contributed by atoms with E-state index in [-0.39, 0.29) is 11.0 Å². The first-order valence-electron chi connectivity index (χ1n) is 3.67. The quantitative estimate of drug-likeness (QED) is 0.543. The van der Waals surface area contributed by atoms with Gasteiger partial charge in [0.15, 0.2) is 0 Å². The lowest BCUT2D eigenvalue weighted by atomic mass is 10.2. The molecule has 0 aromatic heterocycles. The zero-order valence-electron chi connectivity index (χ0n) is 5.61. The van der Waals surface area contributed by atoms with Crippen molar-refractivity contribution >= 4 is 11.0 Å². The van der Waals surface area contributed by atoms with E-state index in [0.29, 0.717) is 0 Å². The molecule has 0 aromatic carbocycles. The third kappa shape index (κ3) is 3.01. The second-order valence-electron chi connectivity index (χ2n) is 2.54. The van der Waals surface area contributed by atoms with Crippen molar-refractivity contribution in [3.8, 4) is 0 Å². The smallest absolute Gasteiger partial charge is 0.00669 e. The van der Waals surface area contributed by atoms with Crippen LogP contribution in [0.2, 0.25) is 0 Å². The maximum Gasteiger partial charge on any atom is 0.00669 e. The fourth-order valence-electron chi connectivity index (χ4n) is 1.42. The van der Waals surface area contributed by atoms with Crippen LogP contribution in [-0.2, 0) is 0 Å². The Morgan fingerprint density at radius 2 is 1.89 bits per heavy atom. The van der Waals surface area contributed by atoms with Crippen molar-refractivity contribution in [2.75, 3.05) is 6.54 Å². The standard InChI is InChI=1S/C7H15N.H4Si/c1-2-8-7-5-3-4-6-7;/h7-8H,2-6H2,1H3;1H4. The largest absolute Gasteiger partial charge is 0.314 e. The van der Waals surface area contributed by atoms with E-state index < -0.39 is 0 Å². The summed E-state index contributed by atoms with van der Waals surface area (Å²) in [6.45, 7) is 3.32. The Bertz CT molecular complexity index is 59.9. The predicted octanol–water partition coefficient (Wildman–Crippen LogP) is 0.0869. The van der Waals surface area contributed by atoms with Crippen LogP contribution in [0.15, 0.2) is 0 Å². The van der Waals surface area contributed by atoms with E-state index in [1.807, 2.05) is 0 Å². The molecule has 0 bridgehead atoms. The second kappa shape index (κ2) is 5.00. The first kappa shape index (κ1) is 9.18. The minimum atomic E-state index is 0. The van der Waals surface area contributed by atoms with Crippen molar-refractivity contribution in [1.82, 2.24) is 5.32 Å². The average molecular weight is 145 g/mol. The van der Waals surface area contributed by atoms with Crippen molar-refractivity contribution in [1.29, 1.82) is 0 Å². The number of hydrogen-bond acceptors (Lipinski definition) is 1. The molecule has 0 heterocycles. The molecule has 1 aliphatic rings. The summed E-state index contributed by atoms with van der Waals surface area (Å²) in [5.41, 5.74) is 0. The summed E-state index contributed by atoms with van der Waals surface area (Å²) < 4.78 is 0. The number of hydrogen-bond donors (Lipinski definition) is 1. The van der Waals surface area contributed by atoms with E-state index >= 15 is 0 Å². The Kier molecular flexibility index (Phi) is 5.10. The highest BCUT2D eigenvalue weighted by Crippen LogP contribution is 2.16. The Labute approximate surface area is 62.2 Å². The summed E-state index contributed by atoms with van der Waals surface area (Å²) in [7, 11) is 0. The van der Waals surface area contributed by atoms with Crippen LogP contribution < -0.4 is 5.32 Å². The van der Waals surface area contributed by atoms with Gasteiger partial charge in [-0.15, -0.1) is 0 Å². The molecule has 0 radical (unpaired) electrons. The Balaban J connectivity index is 0.000000640. The fourth-order valence-corrected chi connectivity index (χ4v) is 1.42. The summed E-state index contributed by atoms with van der Waals surface area (Å²) in [6, 6.07) is 0.861. The van der Waals surface area contributed by atoms with Crippen LogP contribution in [0.1, 0.15) is 32.6 Å². The highest BCUT2D eigenvalue weighted by Gasteiger charge is 2.11. The predicted molar refractivity (Wildman–Crippen MR) is 47.3 cm³/mol. The van der Waals surface area contributed by atoms with Crippen molar-refractivity contribution in [3.05, 3.63) is 0 Å². The molecule has 1 N–H and O–H groups in total. The lowest BCUT2D eigenvalue weighted by molar-refractivity contribution is 0.542. The van der Waals surface area contributed by atoms with Crippen molar-refractivity contribution in [2.24, 2.45) is 0 Å². The van der Waals surface area contributed by atoms with Gasteiger partial charge in [0, 0.05) is 6.04 Å². The zero-order valence-corrected chi connectivity index (χ0v) is 5.61. The van der Waals surface area contributed by atoms with Gasteiger partial charge < -0.3 is 5.32 Å². The molecule has 1 fully saturated rings. The third-order valence-corrected chi connectivity index (χ3v) is 1.85. The van der Waals surface area contributed by atoms with E-state index in [9.17, 15) is 0 Å². The lowest BCUT2D eigenvalue weighted by Crippen LogP contribution is -2.24. The number of nitrogens with one attached hydrogen (secondary N) is 1. The number of rotatable bonds is 2. The normalized spacial score (nSPS) is 19.7. The molecule has 0 amide bonds. The highest BCUT2D eigenvalue weighted by atomic mass is 28.1. The molecule has 0 atom stereocenters. The molecule has 1 aliphatic carbocycles. The van der Waals surface area contributed by atoms with Gasteiger partial charge in [-0.2, -0.15) is 0 Å². The average Bonchev–Trinajstić information content (AvgIpc) is 2.19. The van der Waals surface area contributed by atoms with Crippen molar-refractivity contribution in [3.63, 3.8) is 0 Å². The van der Waals surface area contributed by atoms with Crippen molar-refractivity contribution < 1.29 is 0 Å². The van der Waals surface area contributed by atoms with Gasteiger partial charge in [0.05, 0.1) is 0 Å². The minimum Gasteiger partial charge on any atom is -0.314 e. The molecule has 1 nitrogen and oxygen atoms in total. The highest BCUT2D eigenvalue weighted by molar-refractivity contribution is 5.75. The van der Waals surface area contributed by atoms with E-state index in [2.05, 4.69) is 12.2 Å². The minimum absolute atomic E-state index is 0. The van der Waals surface area contributed by atoms with Crippen LogP contribution >= 0.6 is 0 Å². The molecular formula is C7H19NSi. The van der Waals surface area contributed by atoms with E-state index in [1.165, 1.54) is 25.7 Å². The lowest BCUT2D eigenvalue weighted by Gasteiger charge is -2.07. The van der Waals surface area contributed by atoms with Gasteiger partial charge >= 0.3 is 0 Å². The molecule has 0 aromatic rings. The molecule has 1 rings (SSSR count). The Hall–Kier alpha value is 0.177. The van der Waals surface area contributed by atoms with Crippen LogP contribution in [0.4, 0.5) is 0 Å². The van der Waals surface area contributed by atoms with E-state index in [1.54, 1.807) is 0 Å². The molecule has 0 unspecified atom stereocenters. The van der Waals surface area contributed by atoms with Gasteiger partial charge in [0.1, 0.15) is 0 Å². The second-order valence-corrected chi connectivity index (χ2v) is 2.54. The van der Waals surface area contributed by atoms with Crippen molar-refractivity contribution in [2.45, 2.75) is 38.6 Å². The molecule has 0 spiro atoms.